The first kappa shape index (κ1) is 26.1. The van der Waals surface area contributed by atoms with E-state index in [0.29, 0.717) is 62.3 Å². The highest BCUT2D eigenvalue weighted by Crippen LogP contribution is 2.33. The molecule has 1 atom stereocenters. The van der Waals surface area contributed by atoms with Crippen LogP contribution in [0.15, 0.2) is 24.3 Å². The Kier molecular flexibility index (Phi) is 6.78. The minimum Gasteiger partial charge on any atom is -0.390 e. The molecule has 2 N–H and O–H groups in total. The van der Waals surface area contributed by atoms with Crippen molar-refractivity contribution in [3.8, 4) is 5.95 Å². The predicted molar refractivity (Wildman–Crippen MR) is 149 cm³/mol. The molecule has 0 aliphatic carbocycles. The van der Waals surface area contributed by atoms with Gasteiger partial charge in [0.25, 0.3) is 0 Å². The summed E-state index contributed by atoms with van der Waals surface area (Å²) in [6.45, 7) is 9.84. The third kappa shape index (κ3) is 4.67. The van der Waals surface area contributed by atoms with Crippen molar-refractivity contribution < 1.29 is 14.9 Å². The second kappa shape index (κ2) is 10.1. The van der Waals surface area contributed by atoms with Gasteiger partial charge in [0.05, 0.1) is 29.8 Å². The fourth-order valence-electron chi connectivity index (χ4n) is 5.93. The Morgan fingerprint density at radius 3 is 2.44 bits per heavy atom. The summed E-state index contributed by atoms with van der Waals surface area (Å²) in [5.74, 6) is 2.93. The molecular weight excluding hydrogens is 496 g/mol. The van der Waals surface area contributed by atoms with E-state index in [2.05, 4.69) is 11.8 Å². The van der Waals surface area contributed by atoms with Crippen LogP contribution in [0.25, 0.3) is 28.1 Å². The summed E-state index contributed by atoms with van der Waals surface area (Å²) in [5.41, 5.74) is 2.48. The molecule has 3 aromatic heterocycles. The molecule has 1 unspecified atom stereocenters. The molecule has 1 aromatic carbocycles. The van der Waals surface area contributed by atoms with Crippen molar-refractivity contribution in [2.24, 2.45) is 13.0 Å². The number of aliphatic hydroxyl groups is 2. The van der Waals surface area contributed by atoms with Gasteiger partial charge in [0.1, 0.15) is 5.82 Å². The molecule has 2 fully saturated rings. The zero-order chi connectivity index (χ0) is 27.3. The monoisotopic (exact) mass is 534 g/mol. The Bertz CT molecular complexity index is 1480. The van der Waals surface area contributed by atoms with E-state index in [0.717, 1.165) is 41.9 Å². The lowest BCUT2D eigenvalue weighted by molar-refractivity contribution is -0.0620. The van der Waals surface area contributed by atoms with Crippen LogP contribution in [0, 0.1) is 5.92 Å². The number of ether oxygens (including phenoxy) is 1. The molecule has 39 heavy (non-hydrogen) atoms. The number of hydrogen-bond donors (Lipinski definition) is 2. The first-order chi connectivity index (χ1) is 18.8. The molecular formula is C28H38N8O3. The van der Waals surface area contributed by atoms with Gasteiger partial charge in [-0.25, -0.2) is 9.97 Å². The second-order valence-corrected chi connectivity index (χ2v) is 11.2. The van der Waals surface area contributed by atoms with Crippen molar-refractivity contribution in [3.05, 3.63) is 35.9 Å². The lowest BCUT2D eigenvalue weighted by atomic mass is 9.83. The molecule has 0 spiro atoms. The first-order valence-corrected chi connectivity index (χ1v) is 13.9. The highest BCUT2D eigenvalue weighted by molar-refractivity contribution is 5.86. The zero-order valence-corrected chi connectivity index (χ0v) is 23.2. The number of rotatable bonds is 6. The van der Waals surface area contributed by atoms with Gasteiger partial charge in [0, 0.05) is 39.6 Å². The Morgan fingerprint density at radius 1 is 1.03 bits per heavy atom. The van der Waals surface area contributed by atoms with Gasteiger partial charge in [-0.05, 0) is 44.7 Å². The van der Waals surface area contributed by atoms with Gasteiger partial charge >= 0.3 is 0 Å². The number of morpholine rings is 1. The van der Waals surface area contributed by atoms with E-state index in [1.165, 1.54) is 0 Å². The molecule has 5 heterocycles. The van der Waals surface area contributed by atoms with Gasteiger partial charge < -0.3 is 24.4 Å². The third-order valence-electron chi connectivity index (χ3n) is 8.29. The van der Waals surface area contributed by atoms with Crippen molar-refractivity contribution in [2.45, 2.75) is 51.9 Å². The van der Waals surface area contributed by atoms with E-state index in [1.54, 1.807) is 0 Å². The van der Waals surface area contributed by atoms with E-state index in [9.17, 15) is 10.2 Å². The molecule has 0 saturated carbocycles. The lowest BCUT2D eigenvalue weighted by Gasteiger charge is -2.39. The van der Waals surface area contributed by atoms with Crippen LogP contribution in [0.3, 0.4) is 0 Å². The quantitative estimate of drug-likeness (QED) is 0.385. The summed E-state index contributed by atoms with van der Waals surface area (Å²) in [6.07, 6.45) is 1.49. The van der Waals surface area contributed by atoms with Gasteiger partial charge in [-0.2, -0.15) is 9.97 Å². The van der Waals surface area contributed by atoms with Crippen LogP contribution in [-0.4, -0.2) is 89.2 Å². The molecule has 4 aromatic rings. The molecule has 11 nitrogen and oxygen atoms in total. The Labute approximate surface area is 228 Å². The van der Waals surface area contributed by atoms with Crippen LogP contribution in [0.2, 0.25) is 0 Å². The molecule has 6 rings (SSSR count). The van der Waals surface area contributed by atoms with E-state index in [1.807, 2.05) is 59.2 Å². The fraction of sp³-hybridized carbons (Fsp3) is 0.571. The van der Waals surface area contributed by atoms with Crippen molar-refractivity contribution in [2.75, 3.05) is 44.3 Å². The number of hydrogen-bond acceptors (Lipinski definition) is 9. The number of nitrogens with zero attached hydrogens (tertiary/aromatic N) is 8. The minimum absolute atomic E-state index is 0.209. The van der Waals surface area contributed by atoms with Crippen LogP contribution in [0.5, 0.6) is 0 Å². The van der Waals surface area contributed by atoms with Gasteiger partial charge in [-0.15, -0.1) is 0 Å². The van der Waals surface area contributed by atoms with E-state index < -0.39 is 11.8 Å². The SMILES string of the molecule is CCc1nc2ccccc2n1-c1nc(N2CCOCC2)c2nc(C(O)N3CCC(C(C)(C)O)CC3)n(C)c2n1. The molecule has 2 aliphatic heterocycles. The normalized spacial score (nSPS) is 18.9. The standard InChI is InChI=1S/C28H38N8O3/c1-5-21-29-19-8-6-7-9-20(19)36(21)27-31-23-22(24(32-27)34-14-16-39-17-15-34)30-25(33(23)4)26(37)35-12-10-18(11-13-35)28(2,3)38/h6-9,18,26,37-38H,5,10-17H2,1-4H3. The average Bonchev–Trinajstić information content (AvgIpc) is 3.50. The van der Waals surface area contributed by atoms with Crippen molar-refractivity contribution in [1.29, 1.82) is 0 Å². The average molecular weight is 535 g/mol. The number of fused-ring (bicyclic) bond motifs is 2. The first-order valence-electron chi connectivity index (χ1n) is 13.9. The number of para-hydroxylation sites is 2. The molecule has 2 aliphatic rings. The number of likely N-dealkylation sites (tertiary alicyclic amines) is 1. The second-order valence-electron chi connectivity index (χ2n) is 11.2. The van der Waals surface area contributed by atoms with Crippen molar-refractivity contribution >= 4 is 28.0 Å². The summed E-state index contributed by atoms with van der Waals surface area (Å²) < 4.78 is 9.54. The Balaban J connectivity index is 1.45. The maximum Gasteiger partial charge on any atom is 0.239 e. The number of anilines is 1. The Morgan fingerprint density at radius 2 is 1.74 bits per heavy atom. The van der Waals surface area contributed by atoms with Gasteiger partial charge in [0.2, 0.25) is 5.95 Å². The zero-order valence-electron chi connectivity index (χ0n) is 23.2. The van der Waals surface area contributed by atoms with E-state index in [4.69, 9.17) is 24.7 Å². The van der Waals surface area contributed by atoms with Gasteiger partial charge in [-0.1, -0.05) is 19.1 Å². The molecule has 11 heteroatoms. The molecule has 2 saturated heterocycles. The molecule has 0 radical (unpaired) electrons. The van der Waals surface area contributed by atoms with Crippen LogP contribution >= 0.6 is 0 Å². The smallest absolute Gasteiger partial charge is 0.239 e. The number of aliphatic hydroxyl groups excluding tert-OH is 1. The molecule has 208 valence electrons. The number of piperidine rings is 1. The number of benzene rings is 1. The summed E-state index contributed by atoms with van der Waals surface area (Å²) in [5, 5.41) is 21.9. The van der Waals surface area contributed by atoms with Gasteiger partial charge in [0.15, 0.2) is 29.0 Å². The molecule has 0 amide bonds. The topological polar surface area (TPSA) is 118 Å². The number of imidazole rings is 2. The van der Waals surface area contributed by atoms with Crippen LogP contribution in [0.1, 0.15) is 51.5 Å². The maximum absolute atomic E-state index is 11.5. The third-order valence-corrected chi connectivity index (χ3v) is 8.29. The summed E-state index contributed by atoms with van der Waals surface area (Å²) >= 11 is 0. The highest BCUT2D eigenvalue weighted by atomic mass is 16.5. The minimum atomic E-state index is -0.881. The van der Waals surface area contributed by atoms with Gasteiger partial charge in [-0.3, -0.25) is 9.47 Å². The van der Waals surface area contributed by atoms with Crippen molar-refractivity contribution in [1.82, 2.24) is 34.0 Å². The maximum atomic E-state index is 11.5. The summed E-state index contributed by atoms with van der Waals surface area (Å²) in [4.78, 5) is 24.1. The lowest BCUT2D eigenvalue weighted by Crippen LogP contribution is -2.43. The predicted octanol–water partition coefficient (Wildman–Crippen LogP) is 2.58. The van der Waals surface area contributed by atoms with Crippen LogP contribution in [-0.2, 0) is 18.2 Å². The largest absolute Gasteiger partial charge is 0.390 e. The fourth-order valence-corrected chi connectivity index (χ4v) is 5.93. The van der Waals surface area contributed by atoms with Crippen molar-refractivity contribution in [3.63, 3.8) is 0 Å². The van der Waals surface area contributed by atoms with Crippen LogP contribution < -0.4 is 4.90 Å². The Hall–Kier alpha value is -3.12. The summed E-state index contributed by atoms with van der Waals surface area (Å²) in [6, 6.07) is 8.04. The van der Waals surface area contributed by atoms with E-state index >= 15 is 0 Å². The highest BCUT2D eigenvalue weighted by Gasteiger charge is 2.34. The number of aromatic nitrogens is 6. The summed E-state index contributed by atoms with van der Waals surface area (Å²) in [7, 11) is 1.91. The molecule has 0 bridgehead atoms. The number of aryl methyl sites for hydroxylation is 2. The van der Waals surface area contributed by atoms with E-state index in [-0.39, 0.29) is 5.92 Å². The van der Waals surface area contributed by atoms with Crippen LogP contribution in [0.4, 0.5) is 5.82 Å².